The second-order valence-electron chi connectivity index (χ2n) is 5.54. The van der Waals surface area contributed by atoms with Gasteiger partial charge in [0.15, 0.2) is 0 Å². The Kier molecular flexibility index (Phi) is 5.02. The lowest BCUT2D eigenvalue weighted by atomic mass is 10.2. The molecule has 1 saturated carbocycles. The van der Waals surface area contributed by atoms with Crippen LogP contribution in [0.2, 0.25) is 0 Å². The summed E-state index contributed by atoms with van der Waals surface area (Å²) in [5.41, 5.74) is 1.24. The highest BCUT2D eigenvalue weighted by Crippen LogP contribution is 2.27. The highest BCUT2D eigenvalue weighted by molar-refractivity contribution is 5.75. The Morgan fingerprint density at radius 2 is 2.32 bits per heavy atom. The van der Waals surface area contributed by atoms with Gasteiger partial charge in [0.2, 0.25) is 5.91 Å². The molecule has 1 aliphatic rings. The van der Waals surface area contributed by atoms with E-state index >= 15 is 0 Å². The van der Waals surface area contributed by atoms with E-state index in [4.69, 9.17) is 0 Å². The molecule has 4 nitrogen and oxygen atoms in total. The fourth-order valence-electron chi connectivity index (χ4n) is 2.09. The number of hydrogen-bond donors (Lipinski definition) is 2. The van der Waals surface area contributed by atoms with Crippen molar-refractivity contribution in [2.75, 3.05) is 13.1 Å². The fourth-order valence-corrected chi connectivity index (χ4v) is 2.09. The zero-order valence-corrected chi connectivity index (χ0v) is 12.0. The Balaban J connectivity index is 1.77. The fraction of sp³-hybridized carbons (Fsp3) is 0.667. The Bertz CT molecular complexity index is 409. The third-order valence-electron chi connectivity index (χ3n) is 3.58. The average Bonchev–Trinajstić information content (AvgIpc) is 3.12. The van der Waals surface area contributed by atoms with Crippen molar-refractivity contribution in [2.45, 2.75) is 45.7 Å². The molecular formula is C15H25N3O. The summed E-state index contributed by atoms with van der Waals surface area (Å²) in [6.45, 7) is 6.61. The van der Waals surface area contributed by atoms with E-state index in [-0.39, 0.29) is 5.91 Å². The van der Waals surface area contributed by atoms with Gasteiger partial charge in [-0.1, -0.05) is 6.92 Å². The molecule has 1 unspecified atom stereocenters. The molecule has 4 heteroatoms. The normalized spacial score (nSPS) is 16.3. The Morgan fingerprint density at radius 1 is 1.53 bits per heavy atom. The van der Waals surface area contributed by atoms with E-state index < -0.39 is 0 Å². The van der Waals surface area contributed by atoms with Crippen LogP contribution in [-0.2, 0) is 11.3 Å². The number of rotatable bonds is 8. The first-order valence-electron chi connectivity index (χ1n) is 7.34. The molecule has 0 aliphatic heterocycles. The molecule has 1 aliphatic carbocycles. The van der Waals surface area contributed by atoms with E-state index in [0.717, 1.165) is 25.4 Å². The van der Waals surface area contributed by atoms with Gasteiger partial charge < -0.3 is 15.2 Å². The van der Waals surface area contributed by atoms with Gasteiger partial charge in [0.1, 0.15) is 6.54 Å². The molecule has 19 heavy (non-hydrogen) atoms. The summed E-state index contributed by atoms with van der Waals surface area (Å²) >= 11 is 0. The summed E-state index contributed by atoms with van der Waals surface area (Å²) in [4.78, 5) is 11.7. The molecule has 0 spiro atoms. The molecule has 1 heterocycles. The summed E-state index contributed by atoms with van der Waals surface area (Å²) in [7, 11) is 0. The van der Waals surface area contributed by atoms with Gasteiger partial charge in [-0.15, -0.1) is 0 Å². The molecule has 2 rings (SSSR count). The minimum absolute atomic E-state index is 0.114. The van der Waals surface area contributed by atoms with E-state index in [2.05, 4.69) is 36.7 Å². The lowest BCUT2D eigenvalue weighted by Gasteiger charge is -2.11. The van der Waals surface area contributed by atoms with Gasteiger partial charge in [-0.25, -0.2) is 0 Å². The smallest absolute Gasteiger partial charge is 0.239 e. The van der Waals surface area contributed by atoms with Crippen molar-refractivity contribution < 1.29 is 4.79 Å². The molecule has 1 atom stereocenters. The van der Waals surface area contributed by atoms with Gasteiger partial charge in [-0.2, -0.15) is 0 Å². The predicted molar refractivity (Wildman–Crippen MR) is 76.9 cm³/mol. The monoisotopic (exact) mass is 263 g/mol. The van der Waals surface area contributed by atoms with E-state index in [1.807, 2.05) is 10.8 Å². The first-order valence-corrected chi connectivity index (χ1v) is 7.34. The summed E-state index contributed by atoms with van der Waals surface area (Å²) < 4.78 is 1.96. The van der Waals surface area contributed by atoms with Gasteiger partial charge in [-0.3, -0.25) is 4.79 Å². The molecular weight excluding hydrogens is 238 g/mol. The minimum atomic E-state index is 0.114. The van der Waals surface area contributed by atoms with Gasteiger partial charge in [0.05, 0.1) is 0 Å². The summed E-state index contributed by atoms with van der Waals surface area (Å²) in [5.74, 6) is 0.852. The lowest BCUT2D eigenvalue weighted by Crippen LogP contribution is -2.28. The van der Waals surface area contributed by atoms with Crippen molar-refractivity contribution in [1.29, 1.82) is 0 Å². The zero-order valence-electron chi connectivity index (χ0n) is 12.0. The molecule has 1 aromatic rings. The molecule has 2 N–H and O–H groups in total. The highest BCUT2D eigenvalue weighted by Gasteiger charge is 2.21. The molecule has 106 valence electrons. The summed E-state index contributed by atoms with van der Waals surface area (Å²) in [5, 5.41) is 6.44. The van der Waals surface area contributed by atoms with E-state index in [9.17, 15) is 4.79 Å². The topological polar surface area (TPSA) is 46.1 Å². The van der Waals surface area contributed by atoms with E-state index in [1.54, 1.807) is 0 Å². The van der Waals surface area contributed by atoms with Crippen LogP contribution >= 0.6 is 0 Å². The first kappa shape index (κ1) is 14.1. The number of hydrogen-bond acceptors (Lipinski definition) is 2. The Hall–Kier alpha value is -1.29. The van der Waals surface area contributed by atoms with Crippen molar-refractivity contribution in [3.8, 4) is 0 Å². The minimum Gasteiger partial charge on any atom is -0.354 e. The zero-order chi connectivity index (χ0) is 13.7. The molecule has 0 aromatic carbocycles. The van der Waals surface area contributed by atoms with Gasteiger partial charge in [0.25, 0.3) is 0 Å². The number of aromatic nitrogens is 1. The van der Waals surface area contributed by atoms with Crippen LogP contribution in [0.25, 0.3) is 0 Å². The maximum absolute atomic E-state index is 11.7. The van der Waals surface area contributed by atoms with Gasteiger partial charge in [0, 0.05) is 25.0 Å². The van der Waals surface area contributed by atoms with Crippen LogP contribution in [0.5, 0.6) is 0 Å². The van der Waals surface area contributed by atoms with Crippen LogP contribution in [-0.4, -0.2) is 23.6 Å². The van der Waals surface area contributed by atoms with Crippen molar-refractivity contribution in [1.82, 2.24) is 15.2 Å². The number of nitrogens with one attached hydrogen (secondary N) is 2. The third kappa shape index (κ3) is 4.71. The predicted octanol–water partition coefficient (Wildman–Crippen LogP) is 2.07. The van der Waals surface area contributed by atoms with Crippen LogP contribution in [0.3, 0.4) is 0 Å². The Morgan fingerprint density at radius 3 is 3.00 bits per heavy atom. The SMILES string of the molecule is CCCNC(C)c1ccn(CC(=O)NCC2CC2)c1. The van der Waals surface area contributed by atoms with Crippen LogP contribution in [0.4, 0.5) is 0 Å². The number of carbonyl (C=O) groups excluding carboxylic acids is 1. The van der Waals surface area contributed by atoms with Crippen molar-refractivity contribution in [3.05, 3.63) is 24.0 Å². The number of amides is 1. The van der Waals surface area contributed by atoms with Crippen LogP contribution in [0.15, 0.2) is 18.5 Å². The number of nitrogens with zero attached hydrogens (tertiary/aromatic N) is 1. The van der Waals surface area contributed by atoms with E-state index in [1.165, 1.54) is 18.4 Å². The standard InChI is InChI=1S/C15H25N3O/c1-3-7-16-12(2)14-6-8-18(10-14)11-15(19)17-9-13-4-5-13/h6,8,10,12-13,16H,3-5,7,9,11H2,1-2H3,(H,17,19). The summed E-state index contributed by atoms with van der Waals surface area (Å²) in [6.07, 6.45) is 7.72. The number of carbonyl (C=O) groups is 1. The van der Waals surface area contributed by atoms with Crippen molar-refractivity contribution in [3.63, 3.8) is 0 Å². The molecule has 0 bridgehead atoms. The third-order valence-corrected chi connectivity index (χ3v) is 3.58. The van der Waals surface area contributed by atoms with Crippen LogP contribution in [0.1, 0.15) is 44.7 Å². The lowest BCUT2D eigenvalue weighted by molar-refractivity contribution is -0.121. The van der Waals surface area contributed by atoms with E-state index in [0.29, 0.717) is 12.6 Å². The molecule has 0 saturated heterocycles. The molecule has 1 fully saturated rings. The molecule has 1 aromatic heterocycles. The molecule has 1 amide bonds. The molecule has 0 radical (unpaired) electrons. The van der Waals surface area contributed by atoms with Gasteiger partial charge >= 0.3 is 0 Å². The second kappa shape index (κ2) is 6.75. The largest absolute Gasteiger partial charge is 0.354 e. The average molecular weight is 263 g/mol. The second-order valence-corrected chi connectivity index (χ2v) is 5.54. The van der Waals surface area contributed by atoms with Crippen LogP contribution < -0.4 is 10.6 Å². The van der Waals surface area contributed by atoms with Crippen molar-refractivity contribution in [2.24, 2.45) is 5.92 Å². The van der Waals surface area contributed by atoms with Crippen molar-refractivity contribution >= 4 is 5.91 Å². The van der Waals surface area contributed by atoms with Gasteiger partial charge in [-0.05, 0) is 50.3 Å². The maximum Gasteiger partial charge on any atom is 0.239 e. The quantitative estimate of drug-likeness (QED) is 0.754. The maximum atomic E-state index is 11.7. The Labute approximate surface area is 115 Å². The summed E-state index contributed by atoms with van der Waals surface area (Å²) in [6, 6.07) is 2.43. The highest BCUT2D eigenvalue weighted by atomic mass is 16.1. The first-order chi connectivity index (χ1) is 9.19. The van der Waals surface area contributed by atoms with Crippen LogP contribution in [0, 0.1) is 5.92 Å².